The number of nitrogens with one attached hydrogen (secondary N) is 1. The van der Waals surface area contributed by atoms with Crippen LogP contribution in [0.25, 0.3) is 0 Å². The van der Waals surface area contributed by atoms with Crippen LogP contribution in [-0.2, 0) is 42.9 Å². The Morgan fingerprint density at radius 1 is 0.842 bits per heavy atom. The molecule has 0 aromatic heterocycles. The van der Waals surface area contributed by atoms with Crippen molar-refractivity contribution in [3.05, 3.63) is 30.3 Å². The standard InChI is InChI=1S/C25H33N3O9S/c1-15(29)33-14-20-21(34-16(2)30)22(35-17(3)31)23(36-18(4)32)24(37-20)26-25(38)28-12-10-27(11-13-28)19-8-6-5-7-9-19/h5-9,20-24H,10-14H2,1-4H3,(H,26,38)/t20-,21+,22-,23+,24-/m0/s1. The van der Waals surface area contributed by atoms with Crippen LogP contribution in [0.1, 0.15) is 27.7 Å². The Bertz CT molecular complexity index is 1020. The summed E-state index contributed by atoms with van der Waals surface area (Å²) in [6.45, 7) is 7.13. The first-order chi connectivity index (χ1) is 18.0. The van der Waals surface area contributed by atoms with Crippen LogP contribution >= 0.6 is 12.2 Å². The maximum atomic E-state index is 12.0. The van der Waals surface area contributed by atoms with Gasteiger partial charge in [-0.25, -0.2) is 0 Å². The summed E-state index contributed by atoms with van der Waals surface area (Å²) in [6, 6.07) is 10.0. The fraction of sp³-hybridized carbons (Fsp3) is 0.560. The summed E-state index contributed by atoms with van der Waals surface area (Å²) in [5, 5.41) is 3.39. The summed E-state index contributed by atoms with van der Waals surface area (Å²) >= 11 is 5.64. The maximum absolute atomic E-state index is 12.0. The van der Waals surface area contributed by atoms with E-state index in [-0.39, 0.29) is 6.61 Å². The second-order valence-electron chi connectivity index (χ2n) is 8.88. The van der Waals surface area contributed by atoms with Gasteiger partial charge in [-0.1, -0.05) is 18.2 Å². The van der Waals surface area contributed by atoms with Gasteiger partial charge in [0.2, 0.25) is 0 Å². The summed E-state index contributed by atoms with van der Waals surface area (Å²) in [4.78, 5) is 51.5. The minimum Gasteiger partial charge on any atom is -0.463 e. The summed E-state index contributed by atoms with van der Waals surface area (Å²) in [5.41, 5.74) is 1.12. The second-order valence-corrected chi connectivity index (χ2v) is 9.27. The first-order valence-electron chi connectivity index (χ1n) is 12.2. The van der Waals surface area contributed by atoms with Gasteiger partial charge in [0, 0.05) is 59.6 Å². The molecule has 12 nitrogen and oxygen atoms in total. The van der Waals surface area contributed by atoms with Gasteiger partial charge < -0.3 is 38.8 Å². The van der Waals surface area contributed by atoms with Crippen LogP contribution in [0.15, 0.2) is 30.3 Å². The van der Waals surface area contributed by atoms with Crippen molar-refractivity contribution in [1.82, 2.24) is 10.2 Å². The molecule has 208 valence electrons. The number of nitrogens with zero attached hydrogens (tertiary/aromatic N) is 2. The first kappa shape index (κ1) is 29.1. The molecule has 3 rings (SSSR count). The van der Waals surface area contributed by atoms with E-state index in [1.54, 1.807) is 0 Å². The van der Waals surface area contributed by atoms with E-state index in [9.17, 15) is 19.2 Å². The zero-order valence-electron chi connectivity index (χ0n) is 21.8. The van der Waals surface area contributed by atoms with Gasteiger partial charge in [0.05, 0.1) is 0 Å². The number of esters is 4. The molecule has 38 heavy (non-hydrogen) atoms. The van der Waals surface area contributed by atoms with Crippen LogP contribution < -0.4 is 10.2 Å². The van der Waals surface area contributed by atoms with Crippen LogP contribution in [-0.4, -0.2) is 97.3 Å². The Hall–Kier alpha value is -3.45. The molecule has 2 heterocycles. The van der Waals surface area contributed by atoms with Crippen LogP contribution in [0.2, 0.25) is 0 Å². The molecular weight excluding hydrogens is 518 g/mol. The molecule has 5 atom stereocenters. The molecule has 0 amide bonds. The third kappa shape index (κ3) is 8.02. The van der Waals surface area contributed by atoms with Gasteiger partial charge in [0.15, 0.2) is 29.7 Å². The van der Waals surface area contributed by atoms with E-state index >= 15 is 0 Å². The lowest BCUT2D eigenvalue weighted by atomic mass is 9.97. The highest BCUT2D eigenvalue weighted by atomic mass is 32.1. The number of anilines is 1. The maximum Gasteiger partial charge on any atom is 0.303 e. The van der Waals surface area contributed by atoms with E-state index in [1.807, 2.05) is 35.2 Å². The van der Waals surface area contributed by atoms with Gasteiger partial charge in [-0.05, 0) is 24.4 Å². The number of ether oxygens (including phenoxy) is 5. The number of para-hydroxylation sites is 1. The van der Waals surface area contributed by atoms with Crippen molar-refractivity contribution in [3.63, 3.8) is 0 Å². The largest absolute Gasteiger partial charge is 0.463 e. The van der Waals surface area contributed by atoms with E-state index in [0.29, 0.717) is 18.2 Å². The molecule has 0 bridgehead atoms. The Labute approximate surface area is 226 Å². The summed E-state index contributed by atoms with van der Waals surface area (Å²) < 4.78 is 27.5. The third-order valence-electron chi connectivity index (χ3n) is 5.94. The zero-order chi connectivity index (χ0) is 27.8. The van der Waals surface area contributed by atoms with Crippen molar-refractivity contribution in [2.75, 3.05) is 37.7 Å². The van der Waals surface area contributed by atoms with Crippen LogP contribution in [0.3, 0.4) is 0 Å². The minimum atomic E-state index is -1.26. The third-order valence-corrected chi connectivity index (χ3v) is 6.32. The number of hydrogen-bond acceptors (Lipinski definition) is 11. The van der Waals surface area contributed by atoms with Gasteiger partial charge >= 0.3 is 23.9 Å². The molecule has 1 aromatic rings. The number of benzene rings is 1. The minimum absolute atomic E-state index is 0.307. The molecule has 0 unspecified atom stereocenters. The van der Waals surface area contributed by atoms with E-state index in [2.05, 4.69) is 10.2 Å². The zero-order valence-corrected chi connectivity index (χ0v) is 22.6. The Morgan fingerprint density at radius 2 is 1.39 bits per heavy atom. The van der Waals surface area contributed by atoms with Crippen LogP contribution in [0.4, 0.5) is 5.69 Å². The highest BCUT2D eigenvalue weighted by Gasteiger charge is 2.52. The van der Waals surface area contributed by atoms with E-state index in [0.717, 1.165) is 18.8 Å². The summed E-state index contributed by atoms with van der Waals surface area (Å²) in [7, 11) is 0. The molecule has 13 heteroatoms. The molecule has 0 saturated carbocycles. The lowest BCUT2D eigenvalue weighted by Crippen LogP contribution is -2.67. The van der Waals surface area contributed by atoms with Gasteiger partial charge in [-0.3, -0.25) is 19.2 Å². The number of piperazine rings is 1. The number of rotatable bonds is 7. The highest BCUT2D eigenvalue weighted by molar-refractivity contribution is 7.80. The van der Waals surface area contributed by atoms with Crippen molar-refractivity contribution in [3.8, 4) is 0 Å². The molecule has 1 N–H and O–H groups in total. The predicted octanol–water partition coefficient (Wildman–Crippen LogP) is 0.766. The van der Waals surface area contributed by atoms with Gasteiger partial charge in [-0.15, -0.1) is 0 Å². The van der Waals surface area contributed by atoms with Crippen molar-refractivity contribution < 1.29 is 42.9 Å². The lowest BCUT2D eigenvalue weighted by molar-refractivity contribution is -0.255. The van der Waals surface area contributed by atoms with Crippen LogP contribution in [0.5, 0.6) is 0 Å². The Balaban J connectivity index is 1.79. The van der Waals surface area contributed by atoms with Crippen molar-refractivity contribution >= 4 is 46.9 Å². The highest BCUT2D eigenvalue weighted by Crippen LogP contribution is 2.28. The SMILES string of the molecule is CC(=O)OC[C@@H]1O[C@H](NC(=S)N2CCN(c3ccccc3)CC2)[C@H](OC(C)=O)[C@@H](OC(C)=O)[C@@H]1OC(C)=O. The lowest BCUT2D eigenvalue weighted by Gasteiger charge is -2.45. The monoisotopic (exact) mass is 551 g/mol. The second kappa shape index (κ2) is 13.4. The average molecular weight is 552 g/mol. The molecule has 1 aromatic carbocycles. The van der Waals surface area contributed by atoms with E-state index in [1.165, 1.54) is 27.7 Å². The van der Waals surface area contributed by atoms with Gasteiger partial charge in [-0.2, -0.15) is 0 Å². The quantitative estimate of drug-likeness (QED) is 0.291. The van der Waals surface area contributed by atoms with Crippen LogP contribution in [0, 0.1) is 0 Å². The smallest absolute Gasteiger partial charge is 0.303 e. The van der Waals surface area contributed by atoms with E-state index in [4.69, 9.17) is 35.9 Å². The van der Waals surface area contributed by atoms with Crippen molar-refractivity contribution in [1.29, 1.82) is 0 Å². The normalized spacial score (nSPS) is 25.1. The Kier molecular flexibility index (Phi) is 10.2. The van der Waals surface area contributed by atoms with Gasteiger partial charge in [0.25, 0.3) is 0 Å². The molecule has 2 aliphatic heterocycles. The Morgan fingerprint density at radius 3 is 1.95 bits per heavy atom. The number of thiocarbonyl (C=S) groups is 1. The molecule has 0 radical (unpaired) electrons. The predicted molar refractivity (Wildman–Crippen MR) is 138 cm³/mol. The fourth-order valence-electron chi connectivity index (χ4n) is 4.36. The molecule has 0 spiro atoms. The van der Waals surface area contributed by atoms with E-state index < -0.39 is 54.5 Å². The topological polar surface area (TPSA) is 133 Å². The molecule has 0 aliphatic carbocycles. The molecular formula is C25H33N3O9S. The van der Waals surface area contributed by atoms with Gasteiger partial charge in [0.1, 0.15) is 12.7 Å². The molecule has 2 saturated heterocycles. The summed E-state index contributed by atoms with van der Waals surface area (Å²) in [5.74, 6) is -2.65. The van der Waals surface area contributed by atoms with Crippen molar-refractivity contribution in [2.45, 2.75) is 58.3 Å². The number of carbonyl (C=O) groups excluding carboxylic acids is 4. The molecule has 2 aliphatic rings. The first-order valence-corrected chi connectivity index (χ1v) is 12.6. The summed E-state index contributed by atoms with van der Waals surface area (Å²) in [6.07, 6.45) is -5.85. The molecule has 2 fully saturated rings. The average Bonchev–Trinajstić information content (AvgIpc) is 2.86. The number of hydrogen-bond donors (Lipinski definition) is 1. The fourth-order valence-corrected chi connectivity index (χ4v) is 4.66. The van der Waals surface area contributed by atoms with Crippen molar-refractivity contribution in [2.24, 2.45) is 0 Å². The number of carbonyl (C=O) groups is 4.